The molecule has 140 valence electrons. The minimum Gasteiger partial charge on any atom is -0.353 e. The van der Waals surface area contributed by atoms with Gasteiger partial charge in [0.1, 0.15) is 0 Å². The predicted molar refractivity (Wildman–Crippen MR) is 107 cm³/mol. The lowest BCUT2D eigenvalue weighted by Gasteiger charge is -2.22. The Hall–Kier alpha value is -2.30. The SMILES string of the molecule is CCN=C(NC1CC1c1ccc(C(C)C)cc1)N(C)Cc1cnn(C)c1. The summed E-state index contributed by atoms with van der Waals surface area (Å²) in [5, 5.41) is 7.90. The van der Waals surface area contributed by atoms with Gasteiger partial charge in [-0.15, -0.1) is 0 Å². The van der Waals surface area contributed by atoms with E-state index < -0.39 is 0 Å². The first-order valence-corrected chi connectivity index (χ1v) is 9.57. The van der Waals surface area contributed by atoms with E-state index in [1.165, 1.54) is 23.1 Å². The Morgan fingerprint density at radius 1 is 1.35 bits per heavy atom. The van der Waals surface area contributed by atoms with Crippen LogP contribution in [0.3, 0.4) is 0 Å². The number of guanidine groups is 1. The average molecular weight is 354 g/mol. The number of aryl methyl sites for hydroxylation is 1. The minimum atomic E-state index is 0.474. The Labute approximate surface area is 157 Å². The molecular formula is C21H31N5. The second-order valence-corrected chi connectivity index (χ2v) is 7.59. The van der Waals surface area contributed by atoms with Crippen molar-refractivity contribution in [2.75, 3.05) is 13.6 Å². The largest absolute Gasteiger partial charge is 0.353 e. The van der Waals surface area contributed by atoms with Gasteiger partial charge in [0.2, 0.25) is 0 Å². The van der Waals surface area contributed by atoms with Gasteiger partial charge in [0.25, 0.3) is 0 Å². The molecule has 1 aliphatic carbocycles. The number of rotatable bonds is 6. The van der Waals surface area contributed by atoms with E-state index in [1.54, 1.807) is 0 Å². The van der Waals surface area contributed by atoms with E-state index in [0.717, 1.165) is 19.0 Å². The van der Waals surface area contributed by atoms with Crippen molar-refractivity contribution in [2.24, 2.45) is 12.0 Å². The van der Waals surface area contributed by atoms with Gasteiger partial charge >= 0.3 is 0 Å². The second-order valence-electron chi connectivity index (χ2n) is 7.59. The molecule has 1 heterocycles. The Kier molecular flexibility index (Phi) is 5.64. The maximum atomic E-state index is 4.68. The number of hydrogen-bond acceptors (Lipinski definition) is 2. The van der Waals surface area contributed by atoms with E-state index in [1.807, 2.05) is 17.9 Å². The second kappa shape index (κ2) is 7.94. The first-order chi connectivity index (χ1) is 12.5. The summed E-state index contributed by atoms with van der Waals surface area (Å²) in [5.74, 6) is 2.15. The van der Waals surface area contributed by atoms with Crippen LogP contribution in [0.5, 0.6) is 0 Å². The van der Waals surface area contributed by atoms with Gasteiger partial charge in [-0.3, -0.25) is 9.67 Å². The van der Waals surface area contributed by atoms with Crippen molar-refractivity contribution in [3.05, 3.63) is 53.3 Å². The molecule has 1 aromatic carbocycles. The van der Waals surface area contributed by atoms with Crippen molar-refractivity contribution in [1.82, 2.24) is 20.0 Å². The number of aliphatic imine (C=N–C) groups is 1. The van der Waals surface area contributed by atoms with Crippen molar-refractivity contribution in [2.45, 2.75) is 51.6 Å². The van der Waals surface area contributed by atoms with Crippen molar-refractivity contribution < 1.29 is 0 Å². The van der Waals surface area contributed by atoms with Crippen LogP contribution in [0.15, 0.2) is 41.7 Å². The third-order valence-electron chi connectivity index (χ3n) is 4.98. The maximum absolute atomic E-state index is 4.68. The summed E-state index contributed by atoms with van der Waals surface area (Å²) in [6.45, 7) is 8.14. The summed E-state index contributed by atoms with van der Waals surface area (Å²) in [6.07, 6.45) is 5.14. The summed E-state index contributed by atoms with van der Waals surface area (Å²) in [5.41, 5.74) is 4.03. The van der Waals surface area contributed by atoms with Gasteiger partial charge in [0, 0.05) is 50.9 Å². The van der Waals surface area contributed by atoms with Gasteiger partial charge in [0.05, 0.1) is 6.20 Å². The molecule has 5 heteroatoms. The molecule has 2 atom stereocenters. The molecule has 3 rings (SSSR count). The molecule has 0 spiro atoms. The maximum Gasteiger partial charge on any atom is 0.194 e. The Morgan fingerprint density at radius 3 is 2.65 bits per heavy atom. The van der Waals surface area contributed by atoms with Crippen LogP contribution >= 0.6 is 0 Å². The lowest BCUT2D eigenvalue weighted by Crippen LogP contribution is -2.40. The summed E-state index contributed by atoms with van der Waals surface area (Å²) in [6, 6.07) is 9.59. The molecule has 1 aromatic heterocycles. The van der Waals surface area contributed by atoms with Crippen LogP contribution in [0.4, 0.5) is 0 Å². The zero-order valence-electron chi connectivity index (χ0n) is 16.6. The first kappa shape index (κ1) is 18.5. The smallest absolute Gasteiger partial charge is 0.194 e. The fourth-order valence-corrected chi connectivity index (χ4v) is 3.35. The fourth-order valence-electron chi connectivity index (χ4n) is 3.35. The van der Waals surface area contributed by atoms with Gasteiger partial charge in [-0.1, -0.05) is 38.1 Å². The van der Waals surface area contributed by atoms with Crippen LogP contribution in [-0.2, 0) is 13.6 Å². The number of nitrogens with one attached hydrogen (secondary N) is 1. The van der Waals surface area contributed by atoms with E-state index in [-0.39, 0.29) is 0 Å². The molecule has 0 aliphatic heterocycles. The van der Waals surface area contributed by atoms with Gasteiger partial charge in [-0.2, -0.15) is 5.10 Å². The topological polar surface area (TPSA) is 45.5 Å². The standard InChI is InChI=1S/C21H31N5/c1-6-22-21(25(4)13-16-12-23-26(5)14-16)24-20-11-19(20)18-9-7-17(8-10-18)15(2)3/h7-10,12,14-15,19-20H,6,11,13H2,1-5H3,(H,22,24). The third-order valence-corrected chi connectivity index (χ3v) is 4.98. The summed E-state index contributed by atoms with van der Waals surface area (Å²) < 4.78 is 1.84. The molecule has 0 bridgehead atoms. The molecule has 1 saturated carbocycles. The highest BCUT2D eigenvalue weighted by molar-refractivity contribution is 5.80. The predicted octanol–water partition coefficient (Wildman–Crippen LogP) is 3.50. The van der Waals surface area contributed by atoms with E-state index >= 15 is 0 Å². The van der Waals surface area contributed by atoms with Gasteiger partial charge in [-0.05, 0) is 30.4 Å². The van der Waals surface area contributed by atoms with Gasteiger partial charge in [-0.25, -0.2) is 0 Å². The third kappa shape index (κ3) is 4.45. The number of nitrogens with zero attached hydrogens (tertiary/aromatic N) is 4. The Morgan fingerprint density at radius 2 is 2.08 bits per heavy atom. The van der Waals surface area contributed by atoms with E-state index in [2.05, 4.69) is 78.6 Å². The lowest BCUT2D eigenvalue weighted by atomic mass is 10.0. The number of aromatic nitrogens is 2. The molecule has 1 N–H and O–H groups in total. The molecule has 1 fully saturated rings. The van der Waals surface area contributed by atoms with Crippen LogP contribution in [0, 0.1) is 0 Å². The molecule has 2 aromatic rings. The fraction of sp³-hybridized carbons (Fsp3) is 0.524. The first-order valence-electron chi connectivity index (χ1n) is 9.57. The van der Waals surface area contributed by atoms with E-state index in [0.29, 0.717) is 17.9 Å². The highest BCUT2D eigenvalue weighted by Crippen LogP contribution is 2.41. The molecule has 0 amide bonds. The number of hydrogen-bond donors (Lipinski definition) is 1. The number of benzene rings is 1. The van der Waals surface area contributed by atoms with Gasteiger partial charge in [0.15, 0.2) is 5.96 Å². The summed E-state index contributed by atoms with van der Waals surface area (Å²) >= 11 is 0. The molecular weight excluding hydrogens is 322 g/mol. The van der Waals surface area contributed by atoms with Crippen LogP contribution in [0.2, 0.25) is 0 Å². The van der Waals surface area contributed by atoms with E-state index in [9.17, 15) is 0 Å². The molecule has 0 radical (unpaired) electrons. The molecule has 0 saturated heterocycles. The van der Waals surface area contributed by atoms with Crippen LogP contribution in [-0.4, -0.2) is 40.3 Å². The van der Waals surface area contributed by atoms with Crippen LogP contribution in [0.1, 0.15) is 55.7 Å². The highest BCUT2D eigenvalue weighted by Gasteiger charge is 2.39. The lowest BCUT2D eigenvalue weighted by molar-refractivity contribution is 0.474. The summed E-state index contributed by atoms with van der Waals surface area (Å²) in [4.78, 5) is 6.86. The van der Waals surface area contributed by atoms with Crippen LogP contribution in [0.25, 0.3) is 0 Å². The normalized spacial score (nSPS) is 19.7. The van der Waals surface area contributed by atoms with Crippen molar-refractivity contribution in [3.63, 3.8) is 0 Å². The average Bonchev–Trinajstić information content (AvgIpc) is 3.27. The van der Waals surface area contributed by atoms with Crippen LogP contribution < -0.4 is 5.32 Å². The zero-order valence-corrected chi connectivity index (χ0v) is 16.6. The Bertz CT molecular complexity index is 744. The highest BCUT2D eigenvalue weighted by atomic mass is 15.3. The van der Waals surface area contributed by atoms with E-state index in [4.69, 9.17) is 0 Å². The molecule has 26 heavy (non-hydrogen) atoms. The molecule has 5 nitrogen and oxygen atoms in total. The quantitative estimate of drug-likeness (QED) is 0.639. The van der Waals surface area contributed by atoms with Crippen molar-refractivity contribution in [3.8, 4) is 0 Å². The van der Waals surface area contributed by atoms with Crippen molar-refractivity contribution >= 4 is 5.96 Å². The molecule has 1 aliphatic rings. The zero-order chi connectivity index (χ0) is 18.7. The van der Waals surface area contributed by atoms with Crippen molar-refractivity contribution in [1.29, 1.82) is 0 Å². The minimum absolute atomic E-state index is 0.474. The molecule has 2 unspecified atom stereocenters. The monoisotopic (exact) mass is 353 g/mol. The van der Waals surface area contributed by atoms with Gasteiger partial charge < -0.3 is 10.2 Å². The Balaban J connectivity index is 1.60. The summed E-state index contributed by atoms with van der Waals surface area (Å²) in [7, 11) is 4.03.